The number of sulfonamides is 1. The Bertz CT molecular complexity index is 1900. The van der Waals surface area contributed by atoms with E-state index in [9.17, 15) is 44.8 Å². The number of methoxy groups -OCH3 is 2. The Morgan fingerprint density at radius 3 is 1.74 bits per heavy atom. The SMILES string of the molecule is C=CC(=O)Cl.C=CC(=O)N(c1ccc(F)cc1Cl)S(=O)(=O)N1CCCCC1C(=O)OC.COC(=O)C1CCCCN1S(=O)(=O)Cc1ccc(F)cc1Cl. The summed E-state index contributed by atoms with van der Waals surface area (Å²) in [6, 6.07) is 4.66. The molecule has 2 atom stereocenters. The van der Waals surface area contributed by atoms with Crippen molar-refractivity contribution < 1.29 is 54.3 Å². The molecule has 0 saturated carbocycles. The number of carbonyl (C=O) groups is 4. The molecule has 2 heterocycles. The monoisotopic (exact) mass is 843 g/mol. The Balaban J connectivity index is 0.000000329. The summed E-state index contributed by atoms with van der Waals surface area (Å²) >= 11 is 16.5. The summed E-state index contributed by atoms with van der Waals surface area (Å²) in [6.07, 6.45) is 5.14. The van der Waals surface area contributed by atoms with Gasteiger partial charge in [-0.05, 0) is 98.2 Å². The molecule has 2 saturated heterocycles. The summed E-state index contributed by atoms with van der Waals surface area (Å²) in [6.45, 7) is 6.67. The molecule has 1 amide bonds. The quantitative estimate of drug-likeness (QED) is 0.168. The second-order valence-electron chi connectivity index (χ2n) is 11.2. The molecule has 2 aliphatic heterocycles. The van der Waals surface area contributed by atoms with E-state index in [4.69, 9.17) is 34.8 Å². The van der Waals surface area contributed by atoms with Crippen LogP contribution in [0.3, 0.4) is 0 Å². The summed E-state index contributed by atoms with van der Waals surface area (Å²) in [5.74, 6) is -3.85. The highest BCUT2D eigenvalue weighted by molar-refractivity contribution is 7.91. The van der Waals surface area contributed by atoms with Gasteiger partial charge in [-0.2, -0.15) is 21.3 Å². The van der Waals surface area contributed by atoms with Gasteiger partial charge in [0.1, 0.15) is 23.7 Å². The van der Waals surface area contributed by atoms with Gasteiger partial charge in [0.15, 0.2) is 0 Å². The van der Waals surface area contributed by atoms with E-state index in [-0.39, 0.29) is 41.0 Å². The number of nitrogens with zero attached hydrogens (tertiary/aromatic N) is 3. The average molecular weight is 845 g/mol. The minimum absolute atomic E-state index is 0.0296. The van der Waals surface area contributed by atoms with Crippen molar-refractivity contribution in [2.45, 2.75) is 56.4 Å². The molecule has 0 bridgehead atoms. The fourth-order valence-electron chi connectivity index (χ4n) is 5.27. The smallest absolute Gasteiger partial charge is 0.324 e. The molecule has 0 aliphatic carbocycles. The summed E-state index contributed by atoms with van der Waals surface area (Å²) in [5, 5.41) is -0.726. The van der Waals surface area contributed by atoms with E-state index < -0.39 is 67.0 Å². The molecule has 53 heavy (non-hydrogen) atoms. The van der Waals surface area contributed by atoms with Crippen LogP contribution >= 0.6 is 34.8 Å². The standard InChI is InChI=1S/C16H18ClFN2O5S.C14H17ClFNO4S.C3H3ClO/c1-3-15(21)20(13-8-7-11(18)10-12(13)17)26(23,24)19-9-5-4-6-14(19)16(22)25-2;1-21-14(18)13-4-2-3-7-17(13)22(19,20)9-10-5-6-11(16)8-12(10)15;1-2-3(4)5/h3,7-8,10,14H,1,4-6,9H2,2H3;5-6,8,13H,2-4,7,9H2,1H3;2H,1H2. The van der Waals surface area contributed by atoms with E-state index in [1.807, 2.05) is 0 Å². The zero-order valence-electron chi connectivity index (χ0n) is 28.7. The fraction of sp³-hybridized carbons (Fsp3) is 0.394. The molecular formula is C33H38Cl3F2N3O10S2. The number of halogens is 5. The van der Waals surface area contributed by atoms with Crippen LogP contribution in [0.1, 0.15) is 44.1 Å². The highest BCUT2D eigenvalue weighted by Crippen LogP contribution is 2.33. The molecule has 2 unspecified atom stereocenters. The van der Waals surface area contributed by atoms with Crippen LogP contribution < -0.4 is 4.31 Å². The predicted molar refractivity (Wildman–Crippen MR) is 196 cm³/mol. The third-order valence-electron chi connectivity index (χ3n) is 7.76. The maximum absolute atomic E-state index is 13.3. The number of benzene rings is 2. The van der Waals surface area contributed by atoms with E-state index in [2.05, 4.69) is 22.6 Å². The highest BCUT2D eigenvalue weighted by atomic mass is 35.5. The Morgan fingerprint density at radius 2 is 1.28 bits per heavy atom. The number of hydrogen-bond donors (Lipinski definition) is 0. The molecule has 0 spiro atoms. The van der Waals surface area contributed by atoms with E-state index in [0.29, 0.717) is 35.6 Å². The van der Waals surface area contributed by atoms with Gasteiger partial charge >= 0.3 is 22.1 Å². The van der Waals surface area contributed by atoms with Crippen LogP contribution in [0.2, 0.25) is 10.0 Å². The number of esters is 2. The number of anilines is 1. The maximum Gasteiger partial charge on any atom is 0.324 e. The number of piperidine rings is 2. The number of rotatable bonds is 10. The second kappa shape index (κ2) is 20.9. The van der Waals surface area contributed by atoms with Crippen LogP contribution in [0.4, 0.5) is 14.5 Å². The fourth-order valence-corrected chi connectivity index (χ4v) is 9.48. The van der Waals surface area contributed by atoms with Crippen molar-refractivity contribution in [3.63, 3.8) is 0 Å². The van der Waals surface area contributed by atoms with Crippen molar-refractivity contribution in [2.24, 2.45) is 0 Å². The Kier molecular flexibility index (Phi) is 18.0. The molecule has 292 valence electrons. The molecule has 0 aromatic heterocycles. The minimum atomic E-state index is -4.49. The van der Waals surface area contributed by atoms with E-state index in [1.165, 1.54) is 17.5 Å². The third kappa shape index (κ3) is 12.6. The van der Waals surface area contributed by atoms with Crippen LogP contribution in [0, 0.1) is 11.6 Å². The van der Waals surface area contributed by atoms with Gasteiger partial charge in [0.05, 0.1) is 30.7 Å². The van der Waals surface area contributed by atoms with Crippen molar-refractivity contribution in [1.29, 1.82) is 0 Å². The third-order valence-corrected chi connectivity index (χ3v) is 12.3. The van der Waals surface area contributed by atoms with Crippen molar-refractivity contribution >= 4 is 83.8 Å². The first-order chi connectivity index (χ1) is 24.9. The Morgan fingerprint density at radius 1 is 0.811 bits per heavy atom. The minimum Gasteiger partial charge on any atom is -0.468 e. The Hall–Kier alpha value is -3.45. The molecule has 2 aromatic carbocycles. The van der Waals surface area contributed by atoms with E-state index in [1.54, 1.807) is 0 Å². The zero-order valence-corrected chi connectivity index (χ0v) is 32.6. The first-order valence-corrected chi connectivity index (χ1v) is 19.8. The van der Waals surface area contributed by atoms with Gasteiger partial charge in [0.2, 0.25) is 15.3 Å². The first kappa shape index (κ1) is 45.7. The van der Waals surface area contributed by atoms with Gasteiger partial charge in [0.25, 0.3) is 5.91 Å². The van der Waals surface area contributed by atoms with Crippen LogP contribution in [-0.4, -0.2) is 87.9 Å². The Labute approximate surface area is 322 Å². The number of ether oxygens (including phenoxy) is 2. The number of carbonyl (C=O) groups excluding carboxylic acids is 4. The number of hydrogen-bond acceptors (Lipinski definition) is 10. The summed E-state index contributed by atoms with van der Waals surface area (Å²) in [7, 11) is -5.85. The molecule has 13 nitrogen and oxygen atoms in total. The van der Waals surface area contributed by atoms with Gasteiger partial charge in [-0.3, -0.25) is 19.2 Å². The lowest BCUT2D eigenvalue weighted by atomic mass is 10.1. The second-order valence-corrected chi connectivity index (χ2v) is 16.0. The average Bonchev–Trinajstić information content (AvgIpc) is 3.13. The van der Waals surface area contributed by atoms with Crippen molar-refractivity contribution in [2.75, 3.05) is 31.6 Å². The van der Waals surface area contributed by atoms with Gasteiger partial charge in [-0.25, -0.2) is 17.2 Å². The molecule has 20 heteroatoms. The molecule has 2 aliphatic rings. The van der Waals surface area contributed by atoms with E-state index in [0.717, 1.165) is 60.3 Å². The van der Waals surface area contributed by atoms with Crippen LogP contribution in [0.25, 0.3) is 0 Å². The molecule has 2 fully saturated rings. The lowest BCUT2D eigenvalue weighted by Crippen LogP contribution is -2.55. The molecule has 4 rings (SSSR count). The van der Waals surface area contributed by atoms with Gasteiger partial charge in [0, 0.05) is 18.1 Å². The van der Waals surface area contributed by atoms with Crippen LogP contribution in [0.5, 0.6) is 0 Å². The largest absolute Gasteiger partial charge is 0.468 e. The normalized spacial score (nSPS) is 17.8. The maximum atomic E-state index is 13.3. The van der Waals surface area contributed by atoms with Crippen molar-refractivity contribution in [3.8, 4) is 0 Å². The number of allylic oxidation sites excluding steroid dienone is 1. The summed E-state index contributed by atoms with van der Waals surface area (Å²) < 4.78 is 89.8. The molecular weight excluding hydrogens is 807 g/mol. The van der Waals surface area contributed by atoms with E-state index >= 15 is 0 Å². The summed E-state index contributed by atoms with van der Waals surface area (Å²) in [4.78, 5) is 45.6. The highest BCUT2D eigenvalue weighted by Gasteiger charge is 2.43. The predicted octanol–water partition coefficient (Wildman–Crippen LogP) is 5.54. The van der Waals surface area contributed by atoms with Crippen LogP contribution in [-0.2, 0) is 54.6 Å². The summed E-state index contributed by atoms with van der Waals surface area (Å²) in [5.41, 5.74) is 0.0735. The van der Waals surface area contributed by atoms with Crippen molar-refractivity contribution in [1.82, 2.24) is 8.61 Å². The first-order valence-electron chi connectivity index (χ1n) is 15.7. The van der Waals surface area contributed by atoms with Gasteiger partial charge in [-0.1, -0.05) is 42.4 Å². The van der Waals surface area contributed by atoms with Gasteiger partial charge < -0.3 is 9.47 Å². The number of amides is 1. The lowest BCUT2D eigenvalue weighted by molar-refractivity contribution is -0.146. The molecule has 0 N–H and O–H groups in total. The lowest BCUT2D eigenvalue weighted by Gasteiger charge is -2.36. The van der Waals surface area contributed by atoms with Crippen LogP contribution in [0.15, 0.2) is 61.7 Å². The van der Waals surface area contributed by atoms with Crippen molar-refractivity contribution in [3.05, 3.63) is 89.0 Å². The zero-order chi connectivity index (χ0) is 40.1. The molecule has 0 radical (unpaired) electrons. The topological polar surface area (TPSA) is 165 Å². The van der Waals surface area contributed by atoms with Gasteiger partial charge in [-0.15, -0.1) is 0 Å². The molecule has 2 aromatic rings.